The number of nitrogens with zero attached hydrogens (tertiary/aromatic N) is 1. The third-order valence-electron chi connectivity index (χ3n) is 2.95. The van der Waals surface area contributed by atoms with Crippen LogP contribution >= 0.6 is 15.9 Å². The molecule has 3 rings (SSSR count). The van der Waals surface area contributed by atoms with E-state index in [4.69, 9.17) is 9.84 Å². The van der Waals surface area contributed by atoms with Gasteiger partial charge in [0.2, 0.25) is 5.88 Å². The highest BCUT2D eigenvalue weighted by molar-refractivity contribution is 9.10. The van der Waals surface area contributed by atoms with Crippen molar-refractivity contribution in [3.63, 3.8) is 0 Å². The van der Waals surface area contributed by atoms with E-state index in [-0.39, 0.29) is 11.6 Å². The van der Waals surface area contributed by atoms with Crippen LogP contribution in [0.2, 0.25) is 0 Å². The summed E-state index contributed by atoms with van der Waals surface area (Å²) in [5.41, 5.74) is -0.0409. The van der Waals surface area contributed by atoms with E-state index in [2.05, 4.69) is 20.9 Å². The molecule has 0 aliphatic heterocycles. The monoisotopic (exact) mass is 343 g/mol. The van der Waals surface area contributed by atoms with E-state index >= 15 is 0 Å². The molecule has 0 amide bonds. The number of aromatic carboxylic acids is 1. The second-order valence-corrected chi connectivity index (χ2v) is 5.31. The van der Waals surface area contributed by atoms with Crippen molar-refractivity contribution in [2.75, 3.05) is 0 Å². The fraction of sp³-hybridized carbons (Fsp3) is 0. The zero-order chi connectivity index (χ0) is 14.8. The molecular formula is C16H10BrNO3. The largest absolute Gasteiger partial charge is 0.477 e. The highest BCUT2D eigenvalue weighted by Gasteiger charge is 2.12. The first kappa shape index (κ1) is 13.6. The molecule has 0 unspecified atom stereocenters. The maximum atomic E-state index is 11.2. The van der Waals surface area contributed by atoms with Crippen LogP contribution in [-0.4, -0.2) is 16.1 Å². The molecule has 0 radical (unpaired) electrons. The Hall–Kier alpha value is -2.40. The van der Waals surface area contributed by atoms with Crippen molar-refractivity contribution in [2.24, 2.45) is 0 Å². The van der Waals surface area contributed by atoms with Crippen LogP contribution in [-0.2, 0) is 0 Å². The molecule has 3 aromatic rings. The van der Waals surface area contributed by atoms with E-state index in [1.165, 1.54) is 6.07 Å². The Kier molecular flexibility index (Phi) is 3.58. The second kappa shape index (κ2) is 5.54. The highest BCUT2D eigenvalue weighted by Crippen LogP contribution is 2.29. The lowest BCUT2D eigenvalue weighted by Crippen LogP contribution is -2.02. The number of hydrogen-bond acceptors (Lipinski definition) is 3. The van der Waals surface area contributed by atoms with E-state index in [9.17, 15) is 4.79 Å². The van der Waals surface area contributed by atoms with Crippen molar-refractivity contribution in [3.8, 4) is 11.6 Å². The summed E-state index contributed by atoms with van der Waals surface area (Å²) in [6.45, 7) is 0. The van der Waals surface area contributed by atoms with Crippen LogP contribution in [0.3, 0.4) is 0 Å². The molecule has 0 saturated carbocycles. The first-order valence-electron chi connectivity index (χ1n) is 6.20. The number of carboxylic acids is 1. The predicted molar refractivity (Wildman–Crippen MR) is 82.9 cm³/mol. The van der Waals surface area contributed by atoms with Gasteiger partial charge in [-0.05, 0) is 41.8 Å². The number of fused-ring (bicyclic) bond motifs is 1. The van der Waals surface area contributed by atoms with Crippen molar-refractivity contribution in [1.29, 1.82) is 0 Å². The normalized spacial score (nSPS) is 10.5. The van der Waals surface area contributed by atoms with Gasteiger partial charge in [-0.3, -0.25) is 0 Å². The van der Waals surface area contributed by atoms with Gasteiger partial charge in [0.1, 0.15) is 5.75 Å². The van der Waals surface area contributed by atoms with Crippen molar-refractivity contribution < 1.29 is 14.6 Å². The lowest BCUT2D eigenvalue weighted by atomic mass is 10.1. The van der Waals surface area contributed by atoms with Crippen LogP contribution in [0, 0.1) is 0 Å². The number of benzene rings is 2. The summed E-state index contributed by atoms with van der Waals surface area (Å²) < 4.78 is 6.68. The number of rotatable bonds is 3. The quantitative estimate of drug-likeness (QED) is 0.761. The van der Waals surface area contributed by atoms with Crippen molar-refractivity contribution in [2.45, 2.75) is 0 Å². The Labute approximate surface area is 129 Å². The van der Waals surface area contributed by atoms with E-state index in [1.54, 1.807) is 12.1 Å². The Morgan fingerprint density at radius 2 is 1.81 bits per heavy atom. The molecular weight excluding hydrogens is 334 g/mol. The summed E-state index contributed by atoms with van der Waals surface area (Å²) in [4.78, 5) is 15.3. The zero-order valence-electron chi connectivity index (χ0n) is 10.8. The van der Waals surface area contributed by atoms with E-state index < -0.39 is 5.97 Å². The lowest BCUT2D eigenvalue weighted by Gasteiger charge is -2.09. The maximum absolute atomic E-state index is 11.2. The number of aromatic nitrogens is 1. The van der Waals surface area contributed by atoms with Gasteiger partial charge in [0, 0.05) is 9.86 Å². The third kappa shape index (κ3) is 2.87. The molecule has 2 aromatic carbocycles. The summed E-state index contributed by atoms with van der Waals surface area (Å²) >= 11 is 3.35. The molecule has 0 fully saturated rings. The van der Waals surface area contributed by atoms with E-state index in [0.29, 0.717) is 5.75 Å². The third-order valence-corrected chi connectivity index (χ3v) is 3.48. The predicted octanol–water partition coefficient (Wildman–Crippen LogP) is 4.49. The standard InChI is InChI=1S/C16H10BrNO3/c17-11-5-7-12(8-6-11)21-15-13-4-2-1-3-10(13)9-14(18-15)16(19)20/h1-9H,(H,19,20). The van der Waals surface area contributed by atoms with Crippen LogP contribution in [0.1, 0.15) is 10.5 Å². The van der Waals surface area contributed by atoms with Crippen LogP contribution < -0.4 is 4.74 Å². The van der Waals surface area contributed by atoms with Gasteiger partial charge in [-0.15, -0.1) is 0 Å². The number of ether oxygens (including phenoxy) is 1. The Balaban J connectivity index is 2.11. The van der Waals surface area contributed by atoms with Gasteiger partial charge < -0.3 is 9.84 Å². The highest BCUT2D eigenvalue weighted by atomic mass is 79.9. The Morgan fingerprint density at radius 3 is 2.52 bits per heavy atom. The lowest BCUT2D eigenvalue weighted by molar-refractivity contribution is 0.0690. The average Bonchev–Trinajstić information content (AvgIpc) is 2.49. The zero-order valence-corrected chi connectivity index (χ0v) is 12.4. The van der Waals surface area contributed by atoms with Crippen molar-refractivity contribution in [3.05, 3.63) is 64.8 Å². The second-order valence-electron chi connectivity index (χ2n) is 4.39. The molecule has 0 aliphatic carbocycles. The molecule has 0 saturated heterocycles. The number of hydrogen-bond donors (Lipinski definition) is 1. The summed E-state index contributed by atoms with van der Waals surface area (Å²) in [6, 6.07) is 16.2. The first-order chi connectivity index (χ1) is 10.1. The molecule has 4 nitrogen and oxygen atoms in total. The number of pyridine rings is 1. The summed E-state index contributed by atoms with van der Waals surface area (Å²) in [5, 5.41) is 10.7. The topological polar surface area (TPSA) is 59.4 Å². The van der Waals surface area contributed by atoms with Gasteiger partial charge in [-0.1, -0.05) is 34.1 Å². The molecule has 5 heteroatoms. The molecule has 1 aromatic heterocycles. The van der Waals surface area contributed by atoms with Gasteiger partial charge in [-0.2, -0.15) is 0 Å². The van der Waals surface area contributed by atoms with Crippen molar-refractivity contribution in [1.82, 2.24) is 4.98 Å². The molecule has 1 heterocycles. The Morgan fingerprint density at radius 1 is 1.10 bits per heavy atom. The minimum absolute atomic E-state index is 0.0409. The SMILES string of the molecule is O=C(O)c1cc2ccccc2c(Oc2ccc(Br)cc2)n1. The number of carboxylic acid groups (broad SMARTS) is 1. The fourth-order valence-corrected chi connectivity index (χ4v) is 2.23. The molecule has 0 spiro atoms. The van der Waals surface area contributed by atoms with E-state index in [0.717, 1.165) is 15.2 Å². The van der Waals surface area contributed by atoms with Gasteiger partial charge in [0.05, 0.1) is 0 Å². The van der Waals surface area contributed by atoms with Crippen LogP contribution in [0.15, 0.2) is 59.1 Å². The summed E-state index contributed by atoms with van der Waals surface area (Å²) in [6.07, 6.45) is 0. The van der Waals surface area contributed by atoms with Crippen LogP contribution in [0.4, 0.5) is 0 Å². The minimum atomic E-state index is -1.08. The summed E-state index contributed by atoms with van der Waals surface area (Å²) in [7, 11) is 0. The molecule has 21 heavy (non-hydrogen) atoms. The minimum Gasteiger partial charge on any atom is -0.477 e. The van der Waals surface area contributed by atoms with E-state index in [1.807, 2.05) is 36.4 Å². The smallest absolute Gasteiger partial charge is 0.354 e. The van der Waals surface area contributed by atoms with Gasteiger partial charge in [-0.25, -0.2) is 9.78 Å². The molecule has 0 atom stereocenters. The van der Waals surface area contributed by atoms with Gasteiger partial charge in [0.25, 0.3) is 0 Å². The van der Waals surface area contributed by atoms with Crippen LogP contribution in [0.25, 0.3) is 10.8 Å². The number of carbonyl (C=O) groups is 1. The molecule has 0 aliphatic rings. The molecule has 104 valence electrons. The fourth-order valence-electron chi connectivity index (χ4n) is 1.97. The van der Waals surface area contributed by atoms with Gasteiger partial charge >= 0.3 is 5.97 Å². The summed E-state index contributed by atoms with van der Waals surface area (Å²) in [5.74, 6) is -0.201. The first-order valence-corrected chi connectivity index (χ1v) is 6.99. The van der Waals surface area contributed by atoms with Crippen LogP contribution in [0.5, 0.6) is 11.6 Å². The molecule has 1 N–H and O–H groups in total. The molecule has 0 bridgehead atoms. The van der Waals surface area contributed by atoms with Gasteiger partial charge in [0.15, 0.2) is 5.69 Å². The maximum Gasteiger partial charge on any atom is 0.354 e. The van der Waals surface area contributed by atoms with Crippen molar-refractivity contribution >= 4 is 32.7 Å². The Bertz CT molecular complexity index is 815. The number of halogens is 1. The average molecular weight is 344 g/mol.